The second kappa shape index (κ2) is 3.59. The molecular weight excluding hydrogens is 274 g/mol. The summed E-state index contributed by atoms with van der Waals surface area (Å²) in [6, 6.07) is 4.40. The summed E-state index contributed by atoms with van der Waals surface area (Å²) in [5.41, 5.74) is 0. The van der Waals surface area contributed by atoms with Gasteiger partial charge in [0.15, 0.2) is 0 Å². The minimum Gasteiger partial charge on any atom is -0.335 e. The number of piperidine rings is 1. The number of rotatable bonds is 1. The normalized spacial score (nSPS) is 28.7. The Morgan fingerprint density at radius 3 is 2.87 bits per heavy atom. The Balaban J connectivity index is 1.81. The summed E-state index contributed by atoms with van der Waals surface area (Å²) in [5, 5.41) is 0. The first-order valence-corrected chi connectivity index (χ1v) is 6.91. The Labute approximate surface area is 101 Å². The molecule has 2 bridgehead atoms. The molecule has 1 aliphatic heterocycles. The van der Waals surface area contributed by atoms with Crippen molar-refractivity contribution in [1.29, 1.82) is 0 Å². The van der Waals surface area contributed by atoms with E-state index in [9.17, 15) is 4.79 Å². The smallest absolute Gasteiger partial charge is 0.264 e. The highest BCUT2D eigenvalue weighted by Gasteiger charge is 2.40. The number of hydrogen-bond acceptors (Lipinski definition) is 2. The van der Waals surface area contributed by atoms with Crippen LogP contribution in [0, 0.1) is 5.92 Å². The molecule has 1 saturated carbocycles. The van der Waals surface area contributed by atoms with Crippen molar-refractivity contribution in [3.8, 4) is 0 Å². The fourth-order valence-electron chi connectivity index (χ4n) is 2.74. The summed E-state index contributed by atoms with van der Waals surface area (Å²) < 4.78 is 1.04. The zero-order valence-corrected chi connectivity index (χ0v) is 10.7. The number of likely N-dealkylation sites (tertiary alicyclic amines) is 1. The minimum atomic E-state index is 0.234. The van der Waals surface area contributed by atoms with Gasteiger partial charge in [-0.1, -0.05) is 0 Å². The van der Waals surface area contributed by atoms with Gasteiger partial charge in [0.05, 0.1) is 8.66 Å². The van der Waals surface area contributed by atoms with Crippen LogP contribution in [0.1, 0.15) is 28.9 Å². The molecule has 15 heavy (non-hydrogen) atoms. The largest absolute Gasteiger partial charge is 0.335 e. The molecule has 1 aliphatic carbocycles. The zero-order chi connectivity index (χ0) is 10.4. The Hall–Kier alpha value is -0.350. The van der Waals surface area contributed by atoms with E-state index in [2.05, 4.69) is 20.8 Å². The predicted molar refractivity (Wildman–Crippen MR) is 64.2 cm³/mol. The van der Waals surface area contributed by atoms with Gasteiger partial charge in [0.25, 0.3) is 5.91 Å². The lowest BCUT2D eigenvalue weighted by molar-refractivity contribution is 0.0708. The van der Waals surface area contributed by atoms with E-state index in [-0.39, 0.29) is 5.91 Å². The molecule has 2 atom stereocenters. The molecule has 0 spiro atoms. The van der Waals surface area contributed by atoms with Crippen LogP contribution in [0.4, 0.5) is 0 Å². The maximum absolute atomic E-state index is 12.2. The van der Waals surface area contributed by atoms with E-state index < -0.39 is 0 Å². The van der Waals surface area contributed by atoms with Crippen LogP contribution in [0.5, 0.6) is 0 Å². The number of thiophene rings is 1. The third kappa shape index (κ3) is 1.64. The minimum absolute atomic E-state index is 0.234. The first kappa shape index (κ1) is 9.85. The molecule has 0 N–H and O–H groups in total. The summed E-state index contributed by atoms with van der Waals surface area (Å²) in [6.07, 6.45) is 3.77. The van der Waals surface area contributed by atoms with Crippen LogP contribution in [0.25, 0.3) is 0 Å². The average Bonchev–Trinajstić information content (AvgIpc) is 2.90. The second-order valence-corrected chi connectivity index (χ2v) is 6.86. The molecule has 2 unspecified atom stereocenters. The number of nitrogens with zero attached hydrogens (tertiary/aromatic N) is 1. The van der Waals surface area contributed by atoms with Crippen molar-refractivity contribution in [2.45, 2.75) is 25.3 Å². The standard InChI is InChI=1S/C11H12BrNOS/c12-10-4-3-9(15-10)11(14)13-6-7-1-2-8(13)5-7/h3-4,7-8H,1-2,5-6H2. The first-order chi connectivity index (χ1) is 7.24. The molecule has 2 aliphatic rings. The number of hydrogen-bond donors (Lipinski definition) is 0. The fourth-order valence-corrected chi connectivity index (χ4v) is 4.09. The second-order valence-electron chi connectivity index (χ2n) is 4.39. The Morgan fingerprint density at radius 1 is 1.47 bits per heavy atom. The quantitative estimate of drug-likeness (QED) is 0.776. The number of fused-ring (bicyclic) bond motifs is 2. The van der Waals surface area contributed by atoms with Crippen molar-refractivity contribution in [2.75, 3.05) is 6.54 Å². The highest BCUT2D eigenvalue weighted by atomic mass is 79.9. The molecule has 1 aromatic heterocycles. The summed E-state index contributed by atoms with van der Waals surface area (Å²) in [4.78, 5) is 15.1. The van der Waals surface area contributed by atoms with Gasteiger partial charge in [-0.05, 0) is 53.2 Å². The molecule has 0 radical (unpaired) electrons. The van der Waals surface area contributed by atoms with E-state index in [1.54, 1.807) is 0 Å². The lowest BCUT2D eigenvalue weighted by Gasteiger charge is -2.26. The van der Waals surface area contributed by atoms with Crippen LogP contribution in [0.2, 0.25) is 0 Å². The van der Waals surface area contributed by atoms with Crippen molar-refractivity contribution in [2.24, 2.45) is 5.92 Å². The fraction of sp³-hybridized carbons (Fsp3) is 0.545. The lowest BCUT2D eigenvalue weighted by Crippen LogP contribution is -2.37. The van der Waals surface area contributed by atoms with Gasteiger partial charge in [-0.15, -0.1) is 11.3 Å². The summed E-state index contributed by atoms with van der Waals surface area (Å²) in [5.74, 6) is 1.01. The predicted octanol–water partition coefficient (Wildman–Crippen LogP) is 3.14. The van der Waals surface area contributed by atoms with Crippen LogP contribution < -0.4 is 0 Å². The van der Waals surface area contributed by atoms with Crippen LogP contribution in [-0.2, 0) is 0 Å². The van der Waals surface area contributed by atoms with Crippen LogP contribution in [0.15, 0.2) is 15.9 Å². The van der Waals surface area contributed by atoms with E-state index in [0.29, 0.717) is 6.04 Å². The Morgan fingerprint density at radius 2 is 2.33 bits per heavy atom. The highest BCUT2D eigenvalue weighted by Crippen LogP contribution is 2.38. The van der Waals surface area contributed by atoms with Crippen molar-refractivity contribution in [1.82, 2.24) is 4.90 Å². The molecule has 0 aromatic carbocycles. The van der Waals surface area contributed by atoms with E-state index >= 15 is 0 Å². The van der Waals surface area contributed by atoms with Gasteiger partial charge in [0, 0.05) is 12.6 Å². The molecular formula is C11H12BrNOS. The zero-order valence-electron chi connectivity index (χ0n) is 8.28. The molecule has 80 valence electrons. The van der Waals surface area contributed by atoms with Crippen LogP contribution in [-0.4, -0.2) is 23.4 Å². The molecule has 1 saturated heterocycles. The molecule has 2 nitrogen and oxygen atoms in total. The summed E-state index contributed by atoms with van der Waals surface area (Å²) >= 11 is 4.93. The Kier molecular flexibility index (Phi) is 2.36. The summed E-state index contributed by atoms with van der Waals surface area (Å²) in [7, 11) is 0. The van der Waals surface area contributed by atoms with Gasteiger partial charge in [0.2, 0.25) is 0 Å². The average molecular weight is 286 g/mol. The first-order valence-electron chi connectivity index (χ1n) is 5.30. The molecule has 3 rings (SSSR count). The summed E-state index contributed by atoms with van der Waals surface area (Å²) in [6.45, 7) is 0.985. The maximum atomic E-state index is 12.2. The van der Waals surface area contributed by atoms with Crippen molar-refractivity contribution < 1.29 is 4.79 Å². The SMILES string of the molecule is O=C(c1ccc(Br)s1)N1CC2CCC1C2. The number of halogens is 1. The van der Waals surface area contributed by atoms with Gasteiger partial charge in [0.1, 0.15) is 0 Å². The van der Waals surface area contributed by atoms with E-state index in [4.69, 9.17) is 0 Å². The van der Waals surface area contributed by atoms with Gasteiger partial charge in [-0.3, -0.25) is 4.79 Å². The topological polar surface area (TPSA) is 20.3 Å². The number of carbonyl (C=O) groups is 1. The van der Waals surface area contributed by atoms with Crippen LogP contribution >= 0.6 is 27.3 Å². The van der Waals surface area contributed by atoms with Gasteiger partial charge < -0.3 is 4.90 Å². The van der Waals surface area contributed by atoms with Gasteiger partial charge in [-0.2, -0.15) is 0 Å². The van der Waals surface area contributed by atoms with E-state index in [0.717, 1.165) is 21.1 Å². The monoisotopic (exact) mass is 285 g/mol. The van der Waals surface area contributed by atoms with Gasteiger partial charge >= 0.3 is 0 Å². The molecule has 2 heterocycles. The maximum Gasteiger partial charge on any atom is 0.264 e. The lowest BCUT2D eigenvalue weighted by atomic mass is 10.1. The van der Waals surface area contributed by atoms with Gasteiger partial charge in [-0.25, -0.2) is 0 Å². The number of carbonyl (C=O) groups excluding carboxylic acids is 1. The third-order valence-corrected chi connectivity index (χ3v) is 5.07. The molecule has 2 fully saturated rings. The Bertz CT molecular complexity index is 403. The van der Waals surface area contributed by atoms with Crippen LogP contribution in [0.3, 0.4) is 0 Å². The van der Waals surface area contributed by atoms with Crippen molar-refractivity contribution >= 4 is 33.2 Å². The van der Waals surface area contributed by atoms with Crippen molar-refractivity contribution in [3.05, 3.63) is 20.8 Å². The van der Waals surface area contributed by atoms with E-state index in [1.165, 1.54) is 30.6 Å². The third-order valence-electron chi connectivity index (χ3n) is 3.45. The van der Waals surface area contributed by atoms with E-state index in [1.807, 2.05) is 12.1 Å². The molecule has 1 aromatic rings. The molecule has 1 amide bonds. The van der Waals surface area contributed by atoms with Crippen molar-refractivity contribution in [3.63, 3.8) is 0 Å². The number of amides is 1. The highest BCUT2D eigenvalue weighted by molar-refractivity contribution is 9.11. The molecule has 4 heteroatoms.